The van der Waals surface area contributed by atoms with Crippen LogP contribution in [0.5, 0.6) is 0 Å². The van der Waals surface area contributed by atoms with Crippen LogP contribution in [0.2, 0.25) is 0 Å². The summed E-state index contributed by atoms with van der Waals surface area (Å²) in [5.74, 6) is -0.267. The zero-order valence-corrected chi connectivity index (χ0v) is 10.7. The van der Waals surface area contributed by atoms with Crippen LogP contribution in [0.3, 0.4) is 0 Å². The van der Waals surface area contributed by atoms with Crippen molar-refractivity contribution in [3.8, 4) is 22.3 Å². The maximum absolute atomic E-state index is 13.0. The number of aliphatic hydroxyl groups is 1. The van der Waals surface area contributed by atoms with Gasteiger partial charge in [-0.1, -0.05) is 12.1 Å². The fourth-order valence-corrected chi connectivity index (χ4v) is 2.30. The molecule has 0 saturated heterocycles. The van der Waals surface area contributed by atoms with Gasteiger partial charge in [0.25, 0.3) is 0 Å². The Morgan fingerprint density at radius 1 is 1.00 bits per heavy atom. The van der Waals surface area contributed by atoms with Crippen LogP contribution in [0.25, 0.3) is 22.3 Å². The number of pyridine rings is 1. The topological polar surface area (TPSA) is 48.9 Å². The van der Waals surface area contributed by atoms with Crippen molar-refractivity contribution in [2.75, 3.05) is 0 Å². The molecular formula is C16H13FN2O. The summed E-state index contributed by atoms with van der Waals surface area (Å²) in [6.45, 7) is -0.0845. The molecule has 20 heavy (non-hydrogen) atoms. The molecule has 4 heteroatoms. The first-order valence-electron chi connectivity index (χ1n) is 6.27. The summed E-state index contributed by atoms with van der Waals surface area (Å²) >= 11 is 0. The van der Waals surface area contributed by atoms with Gasteiger partial charge in [0.05, 0.1) is 6.61 Å². The third-order valence-electron chi connectivity index (χ3n) is 3.24. The number of aliphatic hydroxyl groups excluding tert-OH is 1. The second-order valence-corrected chi connectivity index (χ2v) is 4.46. The Morgan fingerprint density at radius 2 is 1.70 bits per heavy atom. The standard InChI is InChI=1S/C16H13FN2O/c17-13-3-1-11(2-4-13)14-9-19-15(10-20)16(14)12-5-7-18-8-6-12/h1-9,19-20H,10H2. The number of nitrogens with zero attached hydrogens (tertiary/aromatic N) is 1. The van der Waals surface area contributed by atoms with Crippen molar-refractivity contribution in [1.82, 2.24) is 9.97 Å². The number of halogens is 1. The average molecular weight is 268 g/mol. The molecule has 0 aliphatic carbocycles. The molecule has 0 aliphatic rings. The highest BCUT2D eigenvalue weighted by atomic mass is 19.1. The summed E-state index contributed by atoms with van der Waals surface area (Å²) in [5, 5.41) is 9.48. The van der Waals surface area contributed by atoms with Gasteiger partial charge in [-0.2, -0.15) is 0 Å². The molecule has 100 valence electrons. The summed E-state index contributed by atoms with van der Waals surface area (Å²) in [5.41, 5.74) is 4.44. The summed E-state index contributed by atoms with van der Waals surface area (Å²) in [6.07, 6.45) is 5.24. The molecule has 3 nitrogen and oxygen atoms in total. The number of hydrogen-bond acceptors (Lipinski definition) is 2. The smallest absolute Gasteiger partial charge is 0.123 e. The molecule has 0 saturated carbocycles. The van der Waals surface area contributed by atoms with Crippen molar-refractivity contribution in [2.24, 2.45) is 0 Å². The molecule has 1 aromatic carbocycles. The SMILES string of the molecule is OCc1[nH]cc(-c2ccc(F)cc2)c1-c1ccncc1. The third-order valence-corrected chi connectivity index (χ3v) is 3.24. The summed E-state index contributed by atoms with van der Waals surface area (Å²) < 4.78 is 13.0. The third kappa shape index (κ3) is 2.21. The van der Waals surface area contributed by atoms with Crippen LogP contribution < -0.4 is 0 Å². The predicted octanol–water partition coefficient (Wildman–Crippen LogP) is 3.38. The van der Waals surface area contributed by atoms with Gasteiger partial charge in [0.1, 0.15) is 5.82 Å². The van der Waals surface area contributed by atoms with Crippen LogP contribution in [0.4, 0.5) is 4.39 Å². The van der Waals surface area contributed by atoms with Crippen LogP contribution in [0.15, 0.2) is 55.0 Å². The normalized spacial score (nSPS) is 10.7. The van der Waals surface area contributed by atoms with Crippen molar-refractivity contribution >= 4 is 0 Å². The molecule has 2 aromatic heterocycles. The number of nitrogens with one attached hydrogen (secondary N) is 1. The molecule has 0 fully saturated rings. The van der Waals surface area contributed by atoms with Gasteiger partial charge in [0.2, 0.25) is 0 Å². The monoisotopic (exact) mass is 268 g/mol. The molecule has 0 radical (unpaired) electrons. The second kappa shape index (κ2) is 5.27. The van der Waals surface area contributed by atoms with E-state index in [2.05, 4.69) is 9.97 Å². The summed E-state index contributed by atoms with van der Waals surface area (Å²) in [7, 11) is 0. The van der Waals surface area contributed by atoms with Crippen molar-refractivity contribution in [3.05, 3.63) is 66.5 Å². The number of rotatable bonds is 3. The quantitative estimate of drug-likeness (QED) is 0.765. The van der Waals surface area contributed by atoms with E-state index >= 15 is 0 Å². The minimum Gasteiger partial charge on any atom is -0.390 e. The first-order chi connectivity index (χ1) is 9.79. The highest BCUT2D eigenvalue weighted by molar-refractivity contribution is 5.85. The lowest BCUT2D eigenvalue weighted by Crippen LogP contribution is -1.88. The predicted molar refractivity (Wildman–Crippen MR) is 75.3 cm³/mol. The van der Waals surface area contributed by atoms with E-state index < -0.39 is 0 Å². The van der Waals surface area contributed by atoms with Crippen LogP contribution in [-0.2, 0) is 6.61 Å². The zero-order chi connectivity index (χ0) is 13.9. The summed E-state index contributed by atoms with van der Waals surface area (Å²) in [6, 6.07) is 10.1. The fraction of sp³-hybridized carbons (Fsp3) is 0.0625. The van der Waals surface area contributed by atoms with E-state index in [-0.39, 0.29) is 12.4 Å². The molecule has 3 rings (SSSR count). The lowest BCUT2D eigenvalue weighted by atomic mass is 9.97. The van der Waals surface area contributed by atoms with Crippen LogP contribution >= 0.6 is 0 Å². The van der Waals surface area contributed by atoms with E-state index in [1.165, 1.54) is 12.1 Å². The number of aromatic amines is 1. The summed E-state index contributed by atoms with van der Waals surface area (Å²) in [4.78, 5) is 7.07. The largest absolute Gasteiger partial charge is 0.390 e. The fourth-order valence-electron chi connectivity index (χ4n) is 2.30. The maximum Gasteiger partial charge on any atom is 0.123 e. The van der Waals surface area contributed by atoms with Gasteiger partial charge in [-0.3, -0.25) is 4.98 Å². The van der Waals surface area contributed by atoms with Gasteiger partial charge in [0, 0.05) is 35.4 Å². The minimum atomic E-state index is -0.267. The van der Waals surface area contributed by atoms with Crippen molar-refractivity contribution in [2.45, 2.75) is 6.61 Å². The molecule has 0 atom stereocenters. The highest BCUT2D eigenvalue weighted by Crippen LogP contribution is 2.34. The second-order valence-electron chi connectivity index (χ2n) is 4.46. The number of H-pyrrole nitrogens is 1. The van der Waals surface area contributed by atoms with Gasteiger partial charge in [-0.05, 0) is 35.4 Å². The van der Waals surface area contributed by atoms with Crippen LogP contribution in [-0.4, -0.2) is 15.1 Å². The molecule has 0 amide bonds. The zero-order valence-electron chi connectivity index (χ0n) is 10.7. The Labute approximate surface area is 115 Å². The van der Waals surface area contributed by atoms with Gasteiger partial charge in [-0.25, -0.2) is 4.39 Å². The first-order valence-corrected chi connectivity index (χ1v) is 6.27. The van der Waals surface area contributed by atoms with Crippen molar-refractivity contribution in [3.63, 3.8) is 0 Å². The van der Waals surface area contributed by atoms with E-state index in [0.29, 0.717) is 0 Å². The number of aromatic nitrogens is 2. The molecule has 3 aromatic rings. The lowest BCUT2D eigenvalue weighted by molar-refractivity contribution is 0.278. The maximum atomic E-state index is 13.0. The molecule has 0 aliphatic heterocycles. The van der Waals surface area contributed by atoms with E-state index in [9.17, 15) is 9.50 Å². The Balaban J connectivity index is 2.17. The van der Waals surface area contributed by atoms with E-state index in [1.807, 2.05) is 18.3 Å². The Hall–Kier alpha value is -2.46. The Bertz CT molecular complexity index is 705. The molecule has 0 spiro atoms. The van der Waals surface area contributed by atoms with Gasteiger partial charge < -0.3 is 10.1 Å². The molecule has 2 heterocycles. The van der Waals surface area contributed by atoms with Gasteiger partial charge >= 0.3 is 0 Å². The van der Waals surface area contributed by atoms with Gasteiger partial charge in [-0.15, -0.1) is 0 Å². The molecule has 2 N–H and O–H groups in total. The van der Waals surface area contributed by atoms with Crippen LogP contribution in [0, 0.1) is 5.82 Å². The highest BCUT2D eigenvalue weighted by Gasteiger charge is 2.14. The van der Waals surface area contributed by atoms with Crippen molar-refractivity contribution < 1.29 is 9.50 Å². The number of hydrogen-bond donors (Lipinski definition) is 2. The number of benzene rings is 1. The minimum absolute atomic E-state index is 0.0845. The molecular weight excluding hydrogens is 255 g/mol. The molecule has 0 bridgehead atoms. The Morgan fingerprint density at radius 3 is 2.35 bits per heavy atom. The van der Waals surface area contributed by atoms with E-state index in [4.69, 9.17) is 0 Å². The lowest BCUT2D eigenvalue weighted by Gasteiger charge is -2.07. The first kappa shape index (κ1) is 12.6. The average Bonchev–Trinajstić information content (AvgIpc) is 2.93. The van der Waals surface area contributed by atoms with E-state index in [0.717, 1.165) is 27.9 Å². The van der Waals surface area contributed by atoms with Gasteiger partial charge in [0.15, 0.2) is 0 Å². The van der Waals surface area contributed by atoms with Crippen molar-refractivity contribution in [1.29, 1.82) is 0 Å². The molecule has 0 unspecified atom stereocenters. The van der Waals surface area contributed by atoms with E-state index in [1.54, 1.807) is 24.5 Å². The Kier molecular flexibility index (Phi) is 3.31. The van der Waals surface area contributed by atoms with Crippen LogP contribution in [0.1, 0.15) is 5.69 Å².